The summed E-state index contributed by atoms with van der Waals surface area (Å²) in [5, 5.41) is 1.91. The van der Waals surface area contributed by atoms with E-state index in [2.05, 4.69) is 9.97 Å². The highest BCUT2D eigenvalue weighted by atomic mass is 32.2. The van der Waals surface area contributed by atoms with E-state index in [9.17, 15) is 9.18 Å². The van der Waals surface area contributed by atoms with E-state index in [-0.39, 0.29) is 23.2 Å². The predicted octanol–water partition coefficient (Wildman–Crippen LogP) is 5.64. The van der Waals surface area contributed by atoms with E-state index in [0.29, 0.717) is 30.0 Å². The Morgan fingerprint density at radius 1 is 1.23 bits per heavy atom. The third-order valence-electron chi connectivity index (χ3n) is 5.44. The second-order valence-electron chi connectivity index (χ2n) is 8.71. The summed E-state index contributed by atoms with van der Waals surface area (Å²) in [7, 11) is 0. The predicted molar refractivity (Wildman–Crippen MR) is 124 cm³/mol. The lowest BCUT2D eigenvalue weighted by Gasteiger charge is -2.35. The minimum absolute atomic E-state index is 0.00901. The highest BCUT2D eigenvalue weighted by Crippen LogP contribution is 2.39. The average Bonchev–Trinajstić information content (AvgIpc) is 3.18. The van der Waals surface area contributed by atoms with E-state index in [1.807, 2.05) is 43.4 Å². The molecule has 4 rings (SSSR count). The van der Waals surface area contributed by atoms with Crippen molar-refractivity contribution in [3.05, 3.63) is 35.7 Å². The number of likely N-dealkylation sites (tertiary alicyclic amines) is 1. The van der Waals surface area contributed by atoms with Crippen LogP contribution in [-0.4, -0.2) is 46.2 Å². The van der Waals surface area contributed by atoms with Crippen LogP contribution in [-0.2, 0) is 4.79 Å². The van der Waals surface area contributed by atoms with Crippen LogP contribution in [0.2, 0.25) is 0 Å². The zero-order valence-electron chi connectivity index (χ0n) is 18.1. The Morgan fingerprint density at radius 2 is 1.97 bits per heavy atom. The standard InChI is InChI=1S/C23H26FN3O2S2/c1-23(2,3)22(28)27-9-7-14(8-10-27)29-21-20-19(25-13-26-21)17(12-31-20)16-6-5-15(30-4)11-18(16)24/h5-6,11-14H,7-10H2,1-4H3. The van der Waals surface area contributed by atoms with Crippen molar-refractivity contribution in [3.8, 4) is 17.0 Å². The van der Waals surface area contributed by atoms with Crippen molar-refractivity contribution >= 4 is 39.2 Å². The van der Waals surface area contributed by atoms with E-state index in [1.54, 1.807) is 12.1 Å². The molecule has 31 heavy (non-hydrogen) atoms. The normalized spacial score (nSPS) is 15.5. The Morgan fingerprint density at radius 3 is 2.61 bits per heavy atom. The smallest absolute Gasteiger partial charge is 0.235 e. The van der Waals surface area contributed by atoms with Crippen molar-refractivity contribution in [2.24, 2.45) is 5.41 Å². The molecule has 0 spiro atoms. The number of ether oxygens (including phenoxy) is 1. The van der Waals surface area contributed by atoms with Gasteiger partial charge in [-0.25, -0.2) is 14.4 Å². The van der Waals surface area contributed by atoms with Gasteiger partial charge in [0.1, 0.15) is 22.9 Å². The topological polar surface area (TPSA) is 55.3 Å². The second-order valence-corrected chi connectivity index (χ2v) is 10.5. The van der Waals surface area contributed by atoms with Gasteiger partial charge in [0.25, 0.3) is 0 Å². The summed E-state index contributed by atoms with van der Waals surface area (Å²) in [5.74, 6) is 0.444. The molecule has 164 valence electrons. The van der Waals surface area contributed by atoms with Crippen LogP contribution in [0.1, 0.15) is 33.6 Å². The first kappa shape index (κ1) is 22.0. The molecule has 0 saturated carbocycles. The third kappa shape index (κ3) is 4.55. The third-order valence-corrected chi connectivity index (χ3v) is 7.12. The lowest BCUT2D eigenvalue weighted by Crippen LogP contribution is -2.46. The zero-order valence-corrected chi connectivity index (χ0v) is 19.8. The Kier molecular flexibility index (Phi) is 6.21. The number of hydrogen-bond acceptors (Lipinski definition) is 6. The van der Waals surface area contributed by atoms with Crippen LogP contribution in [0.4, 0.5) is 4.39 Å². The molecule has 1 fully saturated rings. The average molecular weight is 460 g/mol. The minimum Gasteiger partial charge on any atom is -0.473 e. The molecule has 0 radical (unpaired) electrons. The number of fused-ring (bicyclic) bond motifs is 1. The number of halogens is 1. The molecule has 1 aliphatic rings. The molecule has 5 nitrogen and oxygen atoms in total. The monoisotopic (exact) mass is 459 g/mol. The molecule has 1 aliphatic heterocycles. The van der Waals surface area contributed by atoms with Crippen molar-refractivity contribution in [1.82, 2.24) is 14.9 Å². The number of carbonyl (C=O) groups is 1. The summed E-state index contributed by atoms with van der Waals surface area (Å²) < 4.78 is 21.7. The SMILES string of the molecule is CSc1ccc(-c2csc3c(OC4CCN(C(=O)C(C)(C)C)CC4)ncnc23)c(F)c1. The fourth-order valence-electron chi connectivity index (χ4n) is 3.75. The van der Waals surface area contributed by atoms with Gasteiger partial charge in [0.15, 0.2) is 0 Å². The molecule has 0 atom stereocenters. The molecular formula is C23H26FN3O2S2. The summed E-state index contributed by atoms with van der Waals surface area (Å²) in [6.45, 7) is 7.19. The van der Waals surface area contributed by atoms with Crippen LogP contribution in [0.15, 0.2) is 34.8 Å². The van der Waals surface area contributed by atoms with Gasteiger partial charge in [-0.05, 0) is 18.4 Å². The fourth-order valence-corrected chi connectivity index (χ4v) is 5.13. The first-order valence-corrected chi connectivity index (χ1v) is 12.4. The van der Waals surface area contributed by atoms with Gasteiger partial charge in [-0.3, -0.25) is 4.79 Å². The van der Waals surface area contributed by atoms with Gasteiger partial charge in [-0.1, -0.05) is 26.8 Å². The summed E-state index contributed by atoms with van der Waals surface area (Å²) in [6.07, 6.45) is 4.91. The van der Waals surface area contributed by atoms with Gasteiger partial charge in [0.2, 0.25) is 11.8 Å². The number of amides is 1. The second kappa shape index (κ2) is 8.74. The van der Waals surface area contributed by atoms with Crippen LogP contribution in [0.5, 0.6) is 5.88 Å². The van der Waals surface area contributed by atoms with E-state index >= 15 is 0 Å². The van der Waals surface area contributed by atoms with Crippen LogP contribution >= 0.6 is 23.1 Å². The maximum absolute atomic E-state index is 14.7. The molecule has 0 unspecified atom stereocenters. The number of rotatable bonds is 4. The first-order valence-electron chi connectivity index (χ1n) is 10.3. The summed E-state index contributed by atoms with van der Waals surface area (Å²) in [6, 6.07) is 5.26. The largest absolute Gasteiger partial charge is 0.473 e. The maximum atomic E-state index is 14.7. The number of hydrogen-bond donors (Lipinski definition) is 0. The number of nitrogens with zero attached hydrogens (tertiary/aromatic N) is 3. The lowest BCUT2D eigenvalue weighted by molar-refractivity contribution is -0.141. The van der Waals surface area contributed by atoms with E-state index in [0.717, 1.165) is 28.0 Å². The molecule has 3 aromatic rings. The number of carbonyl (C=O) groups excluding carboxylic acids is 1. The van der Waals surface area contributed by atoms with Gasteiger partial charge < -0.3 is 9.64 Å². The van der Waals surface area contributed by atoms with Crippen LogP contribution < -0.4 is 4.74 Å². The molecule has 1 saturated heterocycles. The summed E-state index contributed by atoms with van der Waals surface area (Å²) >= 11 is 2.97. The summed E-state index contributed by atoms with van der Waals surface area (Å²) in [5.41, 5.74) is 1.61. The highest BCUT2D eigenvalue weighted by Gasteiger charge is 2.31. The quantitative estimate of drug-likeness (QED) is 0.473. The van der Waals surface area contributed by atoms with Gasteiger partial charge in [0, 0.05) is 52.7 Å². The van der Waals surface area contributed by atoms with E-state index in [4.69, 9.17) is 4.74 Å². The van der Waals surface area contributed by atoms with E-state index < -0.39 is 0 Å². The number of thioether (sulfide) groups is 1. The van der Waals surface area contributed by atoms with Crippen LogP contribution in [0, 0.1) is 11.2 Å². The fraction of sp³-hybridized carbons (Fsp3) is 0.435. The Balaban J connectivity index is 1.53. The van der Waals surface area contributed by atoms with Crippen molar-refractivity contribution < 1.29 is 13.9 Å². The number of thiophene rings is 1. The molecule has 1 aromatic carbocycles. The number of aromatic nitrogens is 2. The van der Waals surface area contributed by atoms with Gasteiger partial charge in [-0.2, -0.15) is 0 Å². The maximum Gasteiger partial charge on any atom is 0.235 e. The molecule has 1 amide bonds. The molecule has 0 aliphatic carbocycles. The minimum atomic E-state index is -0.372. The lowest BCUT2D eigenvalue weighted by atomic mass is 9.93. The van der Waals surface area contributed by atoms with Gasteiger partial charge in [-0.15, -0.1) is 23.1 Å². The van der Waals surface area contributed by atoms with Crippen molar-refractivity contribution in [2.75, 3.05) is 19.3 Å². The summed E-state index contributed by atoms with van der Waals surface area (Å²) in [4.78, 5) is 24.1. The van der Waals surface area contributed by atoms with Crippen molar-refractivity contribution in [2.45, 2.75) is 44.6 Å². The zero-order chi connectivity index (χ0) is 22.2. The molecule has 2 aromatic heterocycles. The Labute approximate surface area is 190 Å². The molecule has 8 heteroatoms. The highest BCUT2D eigenvalue weighted by molar-refractivity contribution is 7.98. The molecule has 0 bridgehead atoms. The van der Waals surface area contributed by atoms with E-state index in [1.165, 1.54) is 29.4 Å². The van der Waals surface area contributed by atoms with Crippen molar-refractivity contribution in [3.63, 3.8) is 0 Å². The van der Waals surface area contributed by atoms with Gasteiger partial charge >= 0.3 is 0 Å². The Hall–Kier alpha value is -2.19. The Bertz CT molecular complexity index is 1100. The molecule has 0 N–H and O–H groups in total. The molecule has 3 heterocycles. The first-order chi connectivity index (χ1) is 14.8. The molecular weight excluding hydrogens is 433 g/mol. The van der Waals surface area contributed by atoms with Gasteiger partial charge in [0.05, 0.1) is 5.52 Å². The van der Waals surface area contributed by atoms with Crippen molar-refractivity contribution in [1.29, 1.82) is 0 Å². The van der Waals surface area contributed by atoms with Crippen LogP contribution in [0.25, 0.3) is 21.3 Å². The van der Waals surface area contributed by atoms with Crippen LogP contribution in [0.3, 0.4) is 0 Å². The number of piperidine rings is 1. The number of benzene rings is 1.